The second-order valence-electron chi connectivity index (χ2n) is 13.2. The maximum absolute atomic E-state index is 14.7. The number of fused-ring (bicyclic) bond motifs is 1. The van der Waals surface area contributed by atoms with E-state index >= 15 is 0 Å². The number of benzene rings is 1. The summed E-state index contributed by atoms with van der Waals surface area (Å²) in [5.74, 6) is -3.07. The summed E-state index contributed by atoms with van der Waals surface area (Å²) < 4.78 is 12.9. The Morgan fingerprint density at radius 3 is 2.57 bits per heavy atom. The highest BCUT2D eigenvalue weighted by molar-refractivity contribution is 9.09. The molecule has 3 amide bonds. The molecule has 47 heavy (non-hydrogen) atoms. The molecule has 1 unspecified atom stereocenters. The highest BCUT2D eigenvalue weighted by Crippen LogP contribution is 2.60. The Labute approximate surface area is 286 Å². The summed E-state index contributed by atoms with van der Waals surface area (Å²) in [4.78, 5) is 59.0. The van der Waals surface area contributed by atoms with Crippen LogP contribution in [-0.4, -0.2) is 93.5 Å². The van der Waals surface area contributed by atoms with Crippen molar-refractivity contribution in [2.45, 2.75) is 98.9 Å². The summed E-state index contributed by atoms with van der Waals surface area (Å²) in [6, 6.07) is 8.33. The van der Waals surface area contributed by atoms with Crippen LogP contribution in [0, 0.1) is 11.8 Å². The minimum atomic E-state index is -1.20. The number of likely N-dealkylation sites (tertiary alicyclic amines) is 1. The van der Waals surface area contributed by atoms with E-state index in [-0.39, 0.29) is 54.7 Å². The van der Waals surface area contributed by atoms with E-state index in [9.17, 15) is 24.3 Å². The number of allylic oxidation sites excluding steroid dienone is 1. The Balaban J connectivity index is 1.45. The molecule has 1 saturated carbocycles. The van der Waals surface area contributed by atoms with Crippen molar-refractivity contribution in [3.8, 4) is 0 Å². The molecule has 0 radical (unpaired) electrons. The van der Waals surface area contributed by atoms with E-state index < -0.39 is 41.7 Å². The number of amides is 3. The smallest absolute Gasteiger partial charge is 0.313 e. The third-order valence-corrected chi connectivity index (χ3v) is 11.1. The van der Waals surface area contributed by atoms with Crippen LogP contribution < -0.4 is 5.32 Å². The van der Waals surface area contributed by atoms with Gasteiger partial charge in [-0.25, -0.2) is 0 Å². The van der Waals surface area contributed by atoms with Gasteiger partial charge in [-0.15, -0.1) is 13.2 Å². The van der Waals surface area contributed by atoms with Gasteiger partial charge in [0, 0.05) is 37.0 Å². The van der Waals surface area contributed by atoms with E-state index in [1.165, 1.54) is 0 Å². The molecule has 0 aromatic heterocycles. The number of hydrogen-bond acceptors (Lipinski definition) is 7. The fourth-order valence-electron chi connectivity index (χ4n) is 8.06. The molecule has 256 valence electrons. The number of hydrogen-bond donors (Lipinski definition) is 2. The first-order valence-corrected chi connectivity index (χ1v) is 18.0. The average Bonchev–Trinajstić information content (AvgIpc) is 3.68. The lowest BCUT2D eigenvalue weighted by atomic mass is 9.70. The molecule has 5 rings (SSSR count). The van der Waals surface area contributed by atoms with Gasteiger partial charge < -0.3 is 29.7 Å². The molecule has 4 aliphatic rings. The van der Waals surface area contributed by atoms with Gasteiger partial charge in [-0.05, 0) is 44.1 Å². The van der Waals surface area contributed by atoms with Crippen LogP contribution in [0.4, 0.5) is 0 Å². The Morgan fingerprint density at radius 2 is 1.89 bits per heavy atom. The van der Waals surface area contributed by atoms with Gasteiger partial charge >= 0.3 is 5.97 Å². The largest absolute Gasteiger partial charge is 0.455 e. The van der Waals surface area contributed by atoms with Crippen molar-refractivity contribution in [2.24, 2.45) is 11.8 Å². The average molecular weight is 715 g/mol. The summed E-state index contributed by atoms with van der Waals surface area (Å²) in [7, 11) is 0. The Hall–Kier alpha value is -3.02. The molecule has 10 nitrogen and oxygen atoms in total. The van der Waals surface area contributed by atoms with Crippen LogP contribution in [-0.2, 0) is 28.7 Å². The second-order valence-corrected chi connectivity index (χ2v) is 14.3. The number of nitrogens with zero attached hydrogens (tertiary/aromatic N) is 2. The molecule has 2 N–H and O–H groups in total. The molecule has 11 heteroatoms. The van der Waals surface area contributed by atoms with Crippen molar-refractivity contribution in [1.82, 2.24) is 15.1 Å². The molecular formula is C36H48BrN3O7. The zero-order chi connectivity index (χ0) is 33.6. The van der Waals surface area contributed by atoms with Gasteiger partial charge in [0.1, 0.15) is 17.7 Å². The molecule has 2 bridgehead atoms. The fraction of sp³-hybridized carbons (Fsp3) is 0.611. The first kappa shape index (κ1) is 35.3. The van der Waals surface area contributed by atoms with Gasteiger partial charge in [0.05, 0.1) is 24.5 Å². The van der Waals surface area contributed by atoms with E-state index in [0.717, 1.165) is 32.1 Å². The quantitative estimate of drug-likeness (QED) is 0.114. The summed E-state index contributed by atoms with van der Waals surface area (Å²) in [5, 5.41) is 12.4. The van der Waals surface area contributed by atoms with Gasteiger partial charge in [-0.3, -0.25) is 19.2 Å². The van der Waals surface area contributed by atoms with Gasteiger partial charge in [0.2, 0.25) is 17.7 Å². The number of unbranched alkanes of at least 4 members (excludes halogenated alkanes) is 1. The summed E-state index contributed by atoms with van der Waals surface area (Å²) in [6.45, 7) is 8.26. The first-order valence-electron chi connectivity index (χ1n) is 17.0. The number of ether oxygens (including phenoxy) is 2. The highest BCUT2D eigenvalue weighted by Gasteiger charge is 2.77. The van der Waals surface area contributed by atoms with Crippen molar-refractivity contribution in [3.05, 3.63) is 61.2 Å². The summed E-state index contributed by atoms with van der Waals surface area (Å²) in [6.07, 6.45) is 9.15. The molecule has 1 aromatic carbocycles. The minimum Gasteiger partial charge on any atom is -0.455 e. The van der Waals surface area contributed by atoms with Crippen LogP contribution in [0.2, 0.25) is 0 Å². The van der Waals surface area contributed by atoms with Crippen molar-refractivity contribution in [3.63, 3.8) is 0 Å². The van der Waals surface area contributed by atoms with Crippen molar-refractivity contribution < 1.29 is 33.8 Å². The molecule has 1 aliphatic carbocycles. The number of nitrogens with one attached hydrogen (secondary N) is 1. The molecule has 1 spiro atoms. The number of halogens is 1. The van der Waals surface area contributed by atoms with Crippen LogP contribution >= 0.6 is 15.9 Å². The van der Waals surface area contributed by atoms with Crippen molar-refractivity contribution in [1.29, 1.82) is 0 Å². The Morgan fingerprint density at radius 1 is 1.15 bits per heavy atom. The molecule has 7 atom stereocenters. The predicted octanol–water partition coefficient (Wildman–Crippen LogP) is 4.22. The van der Waals surface area contributed by atoms with Crippen LogP contribution in [0.5, 0.6) is 0 Å². The first-order chi connectivity index (χ1) is 22.8. The lowest BCUT2D eigenvalue weighted by molar-refractivity contribution is -0.160. The predicted molar refractivity (Wildman–Crippen MR) is 180 cm³/mol. The maximum atomic E-state index is 14.7. The normalized spacial score (nSPS) is 28.9. The zero-order valence-corrected chi connectivity index (χ0v) is 28.7. The molecule has 4 fully saturated rings. The molecule has 1 aromatic rings. The number of carbonyl (C=O) groups excluding carboxylic acids is 4. The molecular weight excluding hydrogens is 666 g/mol. The van der Waals surface area contributed by atoms with E-state index in [1.807, 2.05) is 35.2 Å². The van der Waals surface area contributed by atoms with E-state index in [0.29, 0.717) is 37.8 Å². The van der Waals surface area contributed by atoms with Crippen molar-refractivity contribution in [2.75, 3.05) is 26.2 Å². The number of carbonyl (C=O) groups is 4. The topological polar surface area (TPSA) is 125 Å². The second kappa shape index (κ2) is 15.9. The van der Waals surface area contributed by atoms with Gasteiger partial charge in [-0.1, -0.05) is 77.7 Å². The van der Waals surface area contributed by atoms with E-state index in [4.69, 9.17) is 9.47 Å². The van der Waals surface area contributed by atoms with E-state index in [1.54, 1.807) is 17.1 Å². The van der Waals surface area contributed by atoms with Gasteiger partial charge in [0.15, 0.2) is 0 Å². The van der Waals surface area contributed by atoms with E-state index in [2.05, 4.69) is 34.4 Å². The lowest BCUT2D eigenvalue weighted by Crippen LogP contribution is -2.58. The maximum Gasteiger partial charge on any atom is 0.313 e. The van der Waals surface area contributed by atoms with Crippen LogP contribution in [0.25, 0.3) is 0 Å². The van der Waals surface area contributed by atoms with Gasteiger partial charge in [0.25, 0.3) is 0 Å². The van der Waals surface area contributed by atoms with Crippen LogP contribution in [0.3, 0.4) is 0 Å². The van der Waals surface area contributed by atoms with Crippen LogP contribution in [0.15, 0.2) is 55.6 Å². The number of esters is 1. The molecule has 3 saturated heterocycles. The van der Waals surface area contributed by atoms with Crippen molar-refractivity contribution >= 4 is 39.6 Å². The summed E-state index contributed by atoms with van der Waals surface area (Å²) >= 11 is 3.74. The SMILES string of the molecule is C=CCCC(=O)NC[C@H](OC(=O)[C@H]1[C@@H]2O[C@@]3(CC2Br)[C@@H]1C(=O)N(CCCCO)[C@@H]3C(=O)N(CC=C)C1CCCCC1)c1ccccc1. The van der Waals surface area contributed by atoms with Crippen LogP contribution in [0.1, 0.15) is 75.9 Å². The number of aliphatic hydroxyl groups is 1. The monoisotopic (exact) mass is 713 g/mol. The number of alkyl halides is 1. The minimum absolute atomic E-state index is 0.0259. The highest BCUT2D eigenvalue weighted by atomic mass is 79.9. The fourth-order valence-corrected chi connectivity index (χ4v) is 9.01. The third kappa shape index (κ3) is 7.22. The zero-order valence-electron chi connectivity index (χ0n) is 27.1. The Bertz CT molecular complexity index is 1300. The van der Waals surface area contributed by atoms with Gasteiger partial charge in [-0.2, -0.15) is 0 Å². The number of rotatable bonds is 16. The lowest BCUT2D eigenvalue weighted by Gasteiger charge is -2.41. The molecule has 3 heterocycles. The number of aliphatic hydroxyl groups excluding tert-OH is 1. The third-order valence-electron chi connectivity index (χ3n) is 10.2. The summed E-state index contributed by atoms with van der Waals surface area (Å²) in [5.41, 5.74) is -0.492. The standard InChI is InChI=1S/C36H48BrN3O7/c1-3-5-18-28(42)38-23-27(24-14-8-6-9-15-24)46-35(45)29-30-33(43)40(20-12-13-21-41)32(36(30)22-26(37)31(29)47-36)34(44)39(19-4-2)25-16-10-7-11-17-25/h3-4,6,8-9,14-15,25-27,29-32,41H,1-2,5,7,10-13,16-23H2,(H,38,42)/t26?,27-,29+,30-,31+,32+,36-/m0/s1. The molecule has 3 aliphatic heterocycles. The Kier molecular flexibility index (Phi) is 12.0.